The van der Waals surface area contributed by atoms with Crippen molar-refractivity contribution >= 4 is 12.0 Å². The van der Waals surface area contributed by atoms with Gasteiger partial charge < -0.3 is 5.11 Å². The van der Waals surface area contributed by atoms with Gasteiger partial charge in [0.1, 0.15) is 11.6 Å². The van der Waals surface area contributed by atoms with Gasteiger partial charge >= 0.3 is 5.97 Å². The molecule has 0 saturated heterocycles. The van der Waals surface area contributed by atoms with Crippen LogP contribution in [0.4, 0.5) is 0 Å². The Morgan fingerprint density at radius 2 is 1.94 bits per heavy atom. The molecule has 0 saturated carbocycles. The molecule has 1 aromatic carbocycles. The molecular weight excluding hydrogens is 230 g/mol. The van der Waals surface area contributed by atoms with Crippen LogP contribution in [0.3, 0.4) is 0 Å². The Kier molecular flexibility index (Phi) is 3.23. The second-order valence-electron chi connectivity index (χ2n) is 3.88. The van der Waals surface area contributed by atoms with Crippen molar-refractivity contribution in [3.8, 4) is 5.69 Å². The van der Waals surface area contributed by atoms with Gasteiger partial charge in [0.2, 0.25) is 0 Å². The zero-order valence-electron chi connectivity index (χ0n) is 10.2. The zero-order chi connectivity index (χ0) is 13.1. The van der Waals surface area contributed by atoms with Crippen LogP contribution in [0, 0.1) is 13.8 Å². The average Bonchev–Trinajstić information content (AvgIpc) is 2.66. The minimum absolute atomic E-state index is 0.724. The number of hydrogen-bond acceptors (Lipinski definition) is 3. The number of aryl methyl sites for hydroxylation is 2. The van der Waals surface area contributed by atoms with Crippen molar-refractivity contribution < 1.29 is 9.90 Å². The third-order valence-electron chi connectivity index (χ3n) is 2.43. The summed E-state index contributed by atoms with van der Waals surface area (Å²) in [5, 5.41) is 12.8. The van der Waals surface area contributed by atoms with Crippen LogP contribution in [-0.2, 0) is 4.79 Å². The molecule has 5 heteroatoms. The molecular formula is C13H13N3O2. The molecule has 0 spiro atoms. The first-order valence-corrected chi connectivity index (χ1v) is 5.48. The van der Waals surface area contributed by atoms with Crippen LogP contribution in [0.25, 0.3) is 11.8 Å². The number of nitrogens with zero attached hydrogens (tertiary/aromatic N) is 3. The molecule has 92 valence electrons. The lowest BCUT2D eigenvalue weighted by Gasteiger charge is -2.02. The zero-order valence-corrected chi connectivity index (χ0v) is 10.2. The Balaban J connectivity index is 2.27. The Morgan fingerprint density at radius 3 is 2.44 bits per heavy atom. The van der Waals surface area contributed by atoms with E-state index in [1.54, 1.807) is 10.8 Å². The average molecular weight is 243 g/mol. The topological polar surface area (TPSA) is 68.0 Å². The summed E-state index contributed by atoms with van der Waals surface area (Å²) >= 11 is 0. The van der Waals surface area contributed by atoms with E-state index in [9.17, 15) is 4.79 Å². The van der Waals surface area contributed by atoms with E-state index in [4.69, 9.17) is 5.11 Å². The van der Waals surface area contributed by atoms with Crippen molar-refractivity contribution in [3.05, 3.63) is 47.6 Å². The maximum atomic E-state index is 10.4. The Hall–Kier alpha value is -2.43. The van der Waals surface area contributed by atoms with E-state index in [1.165, 1.54) is 0 Å². The SMILES string of the molecule is Cc1nc(C)n(-c2ccc(/C=C/C(=O)O)cc2)n1. The maximum absolute atomic E-state index is 10.4. The number of carboxylic acids is 1. The Labute approximate surface area is 104 Å². The van der Waals surface area contributed by atoms with Crippen molar-refractivity contribution in [3.63, 3.8) is 0 Å². The summed E-state index contributed by atoms with van der Waals surface area (Å²) in [5.74, 6) is 0.588. The molecule has 0 bridgehead atoms. The van der Waals surface area contributed by atoms with Gasteiger partial charge in [-0.05, 0) is 37.6 Å². The Bertz CT molecular complexity index is 597. The van der Waals surface area contributed by atoms with Gasteiger partial charge in [0.05, 0.1) is 5.69 Å². The third kappa shape index (κ3) is 2.63. The second kappa shape index (κ2) is 4.83. The van der Waals surface area contributed by atoms with Crippen LogP contribution in [0.1, 0.15) is 17.2 Å². The van der Waals surface area contributed by atoms with Crippen LogP contribution >= 0.6 is 0 Å². The lowest BCUT2D eigenvalue weighted by Crippen LogP contribution is -1.98. The van der Waals surface area contributed by atoms with Crippen molar-refractivity contribution in [2.24, 2.45) is 0 Å². The van der Waals surface area contributed by atoms with Gasteiger partial charge in [-0.2, -0.15) is 5.10 Å². The molecule has 0 fully saturated rings. The van der Waals surface area contributed by atoms with E-state index in [-0.39, 0.29) is 0 Å². The lowest BCUT2D eigenvalue weighted by molar-refractivity contribution is -0.131. The van der Waals surface area contributed by atoms with Crippen LogP contribution in [0.2, 0.25) is 0 Å². The van der Waals surface area contributed by atoms with Gasteiger partial charge in [0.25, 0.3) is 0 Å². The summed E-state index contributed by atoms with van der Waals surface area (Å²) in [4.78, 5) is 14.6. The van der Waals surface area contributed by atoms with Crippen LogP contribution < -0.4 is 0 Å². The summed E-state index contributed by atoms with van der Waals surface area (Å²) in [7, 11) is 0. The summed E-state index contributed by atoms with van der Waals surface area (Å²) in [6.45, 7) is 3.73. The van der Waals surface area contributed by atoms with E-state index >= 15 is 0 Å². The van der Waals surface area contributed by atoms with Gasteiger partial charge in [-0.25, -0.2) is 14.5 Å². The summed E-state index contributed by atoms with van der Waals surface area (Å²) < 4.78 is 1.75. The normalized spacial score (nSPS) is 11.0. The maximum Gasteiger partial charge on any atom is 0.328 e. The first kappa shape index (κ1) is 12.0. The molecule has 1 heterocycles. The number of rotatable bonds is 3. The molecule has 2 aromatic rings. The molecule has 0 radical (unpaired) electrons. The van der Waals surface area contributed by atoms with Crippen LogP contribution in [0.15, 0.2) is 30.3 Å². The van der Waals surface area contributed by atoms with Gasteiger partial charge in [0.15, 0.2) is 0 Å². The van der Waals surface area contributed by atoms with E-state index < -0.39 is 5.97 Å². The molecule has 0 aliphatic rings. The number of hydrogen-bond donors (Lipinski definition) is 1. The number of carbonyl (C=O) groups is 1. The summed E-state index contributed by atoms with van der Waals surface area (Å²) in [6.07, 6.45) is 2.66. The highest BCUT2D eigenvalue weighted by molar-refractivity contribution is 5.85. The minimum atomic E-state index is -0.957. The first-order chi connectivity index (χ1) is 8.56. The number of aliphatic carboxylic acids is 1. The highest BCUT2D eigenvalue weighted by Gasteiger charge is 2.04. The molecule has 0 aliphatic carbocycles. The number of carboxylic acid groups (broad SMARTS) is 1. The number of benzene rings is 1. The molecule has 5 nitrogen and oxygen atoms in total. The summed E-state index contributed by atoms with van der Waals surface area (Å²) in [5.41, 5.74) is 1.73. The van der Waals surface area contributed by atoms with Gasteiger partial charge in [-0.1, -0.05) is 12.1 Å². The van der Waals surface area contributed by atoms with Gasteiger partial charge in [-0.15, -0.1) is 0 Å². The fourth-order valence-corrected chi connectivity index (χ4v) is 1.66. The predicted molar refractivity (Wildman–Crippen MR) is 67.5 cm³/mol. The molecule has 1 aromatic heterocycles. The molecule has 2 rings (SSSR count). The van der Waals surface area contributed by atoms with Crippen molar-refractivity contribution in [1.29, 1.82) is 0 Å². The molecule has 18 heavy (non-hydrogen) atoms. The van der Waals surface area contributed by atoms with Crippen molar-refractivity contribution in [2.45, 2.75) is 13.8 Å². The predicted octanol–water partition coefficient (Wildman–Crippen LogP) is 1.98. The quantitative estimate of drug-likeness (QED) is 0.837. The number of aromatic nitrogens is 3. The standard InChI is InChI=1S/C13H13N3O2/c1-9-14-10(2)16(15-9)12-6-3-11(4-7-12)5-8-13(17)18/h3-8H,1-2H3,(H,17,18)/b8-5+. The third-order valence-corrected chi connectivity index (χ3v) is 2.43. The van der Waals surface area contributed by atoms with Gasteiger partial charge in [0, 0.05) is 6.08 Å². The molecule has 0 atom stereocenters. The summed E-state index contributed by atoms with van der Waals surface area (Å²) in [6, 6.07) is 7.43. The van der Waals surface area contributed by atoms with E-state index in [2.05, 4.69) is 10.1 Å². The van der Waals surface area contributed by atoms with E-state index in [0.717, 1.165) is 29.0 Å². The van der Waals surface area contributed by atoms with Crippen LogP contribution in [0.5, 0.6) is 0 Å². The van der Waals surface area contributed by atoms with E-state index in [0.29, 0.717) is 0 Å². The van der Waals surface area contributed by atoms with Gasteiger partial charge in [-0.3, -0.25) is 0 Å². The van der Waals surface area contributed by atoms with Crippen LogP contribution in [-0.4, -0.2) is 25.8 Å². The largest absolute Gasteiger partial charge is 0.478 e. The second-order valence-corrected chi connectivity index (χ2v) is 3.88. The fourth-order valence-electron chi connectivity index (χ4n) is 1.66. The van der Waals surface area contributed by atoms with E-state index in [1.807, 2.05) is 38.1 Å². The van der Waals surface area contributed by atoms with Crippen molar-refractivity contribution in [1.82, 2.24) is 14.8 Å². The molecule has 0 aliphatic heterocycles. The lowest BCUT2D eigenvalue weighted by atomic mass is 10.2. The molecule has 0 amide bonds. The monoisotopic (exact) mass is 243 g/mol. The fraction of sp³-hybridized carbons (Fsp3) is 0.154. The Morgan fingerprint density at radius 1 is 1.28 bits per heavy atom. The first-order valence-electron chi connectivity index (χ1n) is 5.48. The molecule has 0 unspecified atom stereocenters. The minimum Gasteiger partial charge on any atom is -0.478 e. The highest BCUT2D eigenvalue weighted by Crippen LogP contribution is 2.12. The molecule has 1 N–H and O–H groups in total. The smallest absolute Gasteiger partial charge is 0.328 e. The highest BCUT2D eigenvalue weighted by atomic mass is 16.4. The van der Waals surface area contributed by atoms with Crippen molar-refractivity contribution in [2.75, 3.05) is 0 Å².